The average Bonchev–Trinajstić information content (AvgIpc) is 2.77. The molecule has 0 bridgehead atoms. The summed E-state index contributed by atoms with van der Waals surface area (Å²) in [7, 11) is 1.38. The van der Waals surface area contributed by atoms with Crippen molar-refractivity contribution < 1.29 is 23.8 Å². The van der Waals surface area contributed by atoms with Gasteiger partial charge < -0.3 is 19.1 Å². The maximum atomic E-state index is 12.5. The summed E-state index contributed by atoms with van der Waals surface area (Å²) in [4.78, 5) is 26.1. The number of hydrogen-bond acceptors (Lipinski definition) is 5. The quantitative estimate of drug-likeness (QED) is 0.617. The number of esters is 1. The van der Waals surface area contributed by atoms with Crippen molar-refractivity contribution in [2.45, 2.75) is 44.8 Å². The fraction of sp³-hybridized carbons (Fsp3) is 0.385. The van der Waals surface area contributed by atoms with Crippen molar-refractivity contribution in [1.82, 2.24) is 4.90 Å². The highest BCUT2D eigenvalue weighted by molar-refractivity contribution is 5.91. The Morgan fingerprint density at radius 1 is 1.00 bits per heavy atom. The smallest absolute Gasteiger partial charge is 0.410 e. The summed E-state index contributed by atoms with van der Waals surface area (Å²) in [5.41, 5.74) is 2.58. The second kappa shape index (κ2) is 8.34. The molecular formula is C26H29NO5. The largest absolute Gasteiger partial charge is 0.482 e. The molecule has 168 valence electrons. The molecule has 2 aliphatic rings. The molecule has 32 heavy (non-hydrogen) atoms. The summed E-state index contributed by atoms with van der Waals surface area (Å²) in [6.07, 6.45) is 3.23. The Bertz CT molecular complexity index is 1040. The van der Waals surface area contributed by atoms with Crippen molar-refractivity contribution in [1.29, 1.82) is 0 Å². The standard InChI is InChI=1S/C26H29NO5/c1-25(2,3)32-24(29)27-15-13-26(14-16-27)17-21(20-7-5-6-8-22(20)31-26)18-9-11-19(12-10-18)23(28)30-4/h5-12,17H,13-16H2,1-4H3. The molecule has 6 nitrogen and oxygen atoms in total. The van der Waals surface area contributed by atoms with Crippen LogP contribution in [-0.4, -0.2) is 48.4 Å². The van der Waals surface area contributed by atoms with Gasteiger partial charge in [-0.1, -0.05) is 30.3 Å². The first-order valence-electron chi connectivity index (χ1n) is 10.9. The van der Waals surface area contributed by atoms with Crippen LogP contribution in [0.2, 0.25) is 0 Å². The minimum atomic E-state index is -0.518. The number of fused-ring (bicyclic) bond motifs is 1. The summed E-state index contributed by atoms with van der Waals surface area (Å²) in [6.45, 7) is 6.73. The summed E-state index contributed by atoms with van der Waals surface area (Å²) < 4.78 is 16.8. The van der Waals surface area contributed by atoms with Crippen LogP contribution in [0.25, 0.3) is 5.57 Å². The highest BCUT2D eigenvalue weighted by atomic mass is 16.6. The number of amides is 1. The van der Waals surface area contributed by atoms with Gasteiger partial charge in [0.2, 0.25) is 0 Å². The van der Waals surface area contributed by atoms with Crippen molar-refractivity contribution in [3.8, 4) is 5.75 Å². The normalized spacial score (nSPS) is 17.1. The predicted octanol–water partition coefficient (Wildman–Crippen LogP) is 5.07. The SMILES string of the molecule is COC(=O)c1ccc(C2=CC3(CCN(C(=O)OC(C)(C)C)CC3)Oc3ccccc32)cc1. The highest BCUT2D eigenvalue weighted by Crippen LogP contribution is 2.43. The van der Waals surface area contributed by atoms with E-state index in [0.717, 1.165) is 22.4 Å². The van der Waals surface area contributed by atoms with Crippen molar-refractivity contribution in [3.05, 3.63) is 71.3 Å². The lowest BCUT2D eigenvalue weighted by Gasteiger charge is -2.43. The molecule has 0 N–H and O–H groups in total. The fourth-order valence-electron chi connectivity index (χ4n) is 4.15. The zero-order valence-electron chi connectivity index (χ0n) is 19.0. The number of likely N-dealkylation sites (tertiary alicyclic amines) is 1. The van der Waals surface area contributed by atoms with E-state index in [0.29, 0.717) is 31.5 Å². The third kappa shape index (κ3) is 4.49. The molecule has 1 fully saturated rings. The van der Waals surface area contributed by atoms with E-state index in [1.54, 1.807) is 17.0 Å². The van der Waals surface area contributed by atoms with E-state index in [-0.39, 0.29) is 12.1 Å². The molecule has 2 aromatic rings. The van der Waals surface area contributed by atoms with Gasteiger partial charge in [-0.2, -0.15) is 0 Å². The molecule has 1 spiro atoms. The molecule has 2 aromatic carbocycles. The summed E-state index contributed by atoms with van der Waals surface area (Å²) in [5.74, 6) is 0.469. The third-order valence-corrected chi connectivity index (χ3v) is 5.78. The molecule has 0 aliphatic carbocycles. The van der Waals surface area contributed by atoms with Crippen LogP contribution in [0.4, 0.5) is 4.79 Å². The molecule has 0 unspecified atom stereocenters. The van der Waals surface area contributed by atoms with Crippen molar-refractivity contribution in [3.63, 3.8) is 0 Å². The Balaban J connectivity index is 1.61. The fourth-order valence-corrected chi connectivity index (χ4v) is 4.15. The van der Waals surface area contributed by atoms with E-state index in [1.807, 2.05) is 57.2 Å². The van der Waals surface area contributed by atoms with Gasteiger partial charge in [0.1, 0.15) is 17.0 Å². The summed E-state index contributed by atoms with van der Waals surface area (Å²) in [5, 5.41) is 0. The maximum absolute atomic E-state index is 12.5. The van der Waals surface area contributed by atoms with Crippen LogP contribution in [0.3, 0.4) is 0 Å². The van der Waals surface area contributed by atoms with Gasteiger partial charge in [0.05, 0.1) is 12.7 Å². The van der Waals surface area contributed by atoms with Crippen molar-refractivity contribution in [2.75, 3.05) is 20.2 Å². The van der Waals surface area contributed by atoms with Gasteiger partial charge >= 0.3 is 12.1 Å². The summed E-state index contributed by atoms with van der Waals surface area (Å²) in [6, 6.07) is 15.4. The number of carbonyl (C=O) groups excluding carboxylic acids is 2. The minimum Gasteiger partial charge on any atom is -0.482 e. The first-order chi connectivity index (χ1) is 15.2. The molecular weight excluding hydrogens is 406 g/mol. The Kier molecular flexibility index (Phi) is 5.71. The van der Waals surface area contributed by atoms with Crippen LogP contribution in [0.5, 0.6) is 5.75 Å². The van der Waals surface area contributed by atoms with Gasteiger partial charge in [-0.05, 0) is 56.2 Å². The Morgan fingerprint density at radius 3 is 2.28 bits per heavy atom. The van der Waals surface area contributed by atoms with Gasteiger partial charge in [-0.3, -0.25) is 0 Å². The van der Waals surface area contributed by atoms with Crippen LogP contribution in [-0.2, 0) is 9.47 Å². The number of rotatable bonds is 2. The van der Waals surface area contributed by atoms with Crippen molar-refractivity contribution in [2.24, 2.45) is 0 Å². The molecule has 2 aliphatic heterocycles. The minimum absolute atomic E-state index is 0.286. The van der Waals surface area contributed by atoms with E-state index in [4.69, 9.17) is 14.2 Å². The molecule has 4 rings (SSSR count). The number of nitrogens with zero attached hydrogens (tertiary/aromatic N) is 1. The Morgan fingerprint density at radius 2 is 1.66 bits per heavy atom. The monoisotopic (exact) mass is 435 g/mol. The van der Waals surface area contributed by atoms with E-state index in [2.05, 4.69) is 6.08 Å². The van der Waals surface area contributed by atoms with Crippen LogP contribution in [0, 0.1) is 0 Å². The third-order valence-electron chi connectivity index (χ3n) is 5.78. The van der Waals surface area contributed by atoms with Gasteiger partial charge in [0.15, 0.2) is 0 Å². The number of hydrogen-bond donors (Lipinski definition) is 0. The lowest BCUT2D eigenvalue weighted by atomic mass is 9.83. The Labute approximate surface area is 188 Å². The maximum Gasteiger partial charge on any atom is 0.410 e. The second-order valence-electron chi connectivity index (χ2n) is 9.26. The molecule has 1 amide bonds. The van der Waals surface area contributed by atoms with Crippen LogP contribution in [0.1, 0.15) is 55.1 Å². The van der Waals surface area contributed by atoms with Crippen LogP contribution < -0.4 is 4.74 Å². The molecule has 2 heterocycles. The number of methoxy groups -OCH3 is 1. The lowest BCUT2D eigenvalue weighted by Crippen LogP contribution is -2.50. The van der Waals surface area contributed by atoms with Crippen LogP contribution in [0.15, 0.2) is 54.6 Å². The topological polar surface area (TPSA) is 65.1 Å². The predicted molar refractivity (Wildman–Crippen MR) is 122 cm³/mol. The van der Waals surface area contributed by atoms with E-state index in [1.165, 1.54) is 7.11 Å². The van der Waals surface area contributed by atoms with E-state index in [9.17, 15) is 9.59 Å². The first-order valence-corrected chi connectivity index (χ1v) is 10.9. The number of piperidine rings is 1. The van der Waals surface area contributed by atoms with Gasteiger partial charge in [-0.25, -0.2) is 9.59 Å². The van der Waals surface area contributed by atoms with Crippen molar-refractivity contribution >= 4 is 17.6 Å². The molecule has 0 atom stereocenters. The van der Waals surface area contributed by atoms with Crippen LogP contribution >= 0.6 is 0 Å². The molecule has 0 radical (unpaired) electrons. The molecule has 0 aromatic heterocycles. The number of ether oxygens (including phenoxy) is 3. The Hall–Kier alpha value is -3.28. The average molecular weight is 436 g/mol. The van der Waals surface area contributed by atoms with Gasteiger partial charge in [0, 0.05) is 31.5 Å². The lowest BCUT2D eigenvalue weighted by molar-refractivity contribution is -0.00117. The first kappa shape index (κ1) is 21.9. The van der Waals surface area contributed by atoms with E-state index >= 15 is 0 Å². The molecule has 0 saturated carbocycles. The number of para-hydroxylation sites is 1. The zero-order valence-corrected chi connectivity index (χ0v) is 19.0. The molecule has 1 saturated heterocycles. The van der Waals surface area contributed by atoms with Gasteiger partial charge in [-0.15, -0.1) is 0 Å². The second-order valence-corrected chi connectivity index (χ2v) is 9.26. The molecule has 6 heteroatoms. The zero-order chi connectivity index (χ0) is 22.9. The number of benzene rings is 2. The highest BCUT2D eigenvalue weighted by Gasteiger charge is 2.40. The summed E-state index contributed by atoms with van der Waals surface area (Å²) >= 11 is 0. The van der Waals surface area contributed by atoms with Gasteiger partial charge in [0.25, 0.3) is 0 Å². The van der Waals surface area contributed by atoms with E-state index < -0.39 is 11.2 Å². The number of carbonyl (C=O) groups is 2.